The van der Waals surface area contributed by atoms with Gasteiger partial charge in [-0.15, -0.1) is 13.2 Å². The number of ether oxygens (including phenoxy) is 3. The van der Waals surface area contributed by atoms with Gasteiger partial charge in [0.25, 0.3) is 0 Å². The van der Waals surface area contributed by atoms with Gasteiger partial charge in [-0.25, -0.2) is 0 Å². The highest BCUT2D eigenvalue weighted by atomic mass is 19.4. The molecule has 31 heavy (non-hydrogen) atoms. The molecule has 3 unspecified atom stereocenters. The van der Waals surface area contributed by atoms with Gasteiger partial charge in [0, 0.05) is 11.5 Å². The van der Waals surface area contributed by atoms with Gasteiger partial charge in [-0.05, 0) is 62.4 Å². The summed E-state index contributed by atoms with van der Waals surface area (Å²) >= 11 is 0. The number of hydrogen-bond acceptors (Lipinski definition) is 4. The van der Waals surface area contributed by atoms with E-state index in [-0.39, 0.29) is 29.4 Å². The molecule has 3 aliphatic rings. The van der Waals surface area contributed by atoms with Gasteiger partial charge in [-0.3, -0.25) is 0 Å². The first kappa shape index (κ1) is 20.6. The summed E-state index contributed by atoms with van der Waals surface area (Å²) in [5, 5.41) is 3.61. The predicted molar refractivity (Wildman–Crippen MR) is 109 cm³/mol. The van der Waals surface area contributed by atoms with Gasteiger partial charge in [0.1, 0.15) is 11.5 Å². The summed E-state index contributed by atoms with van der Waals surface area (Å²) in [5.41, 5.74) is 1.52. The maximum atomic E-state index is 12.8. The standard InChI is InChI=1S/C24H26F3NO3/c25-24(26,27)31-19-9-10-21(30-18-7-8-18)20(13-19)17-14-23(29-15-17)11-4-12-28-22(23)16-5-2-1-3-6-16/h1-3,5-6,9-10,13,17-18,22,28H,4,7-8,11-12,14-15H2. The van der Waals surface area contributed by atoms with Gasteiger partial charge >= 0.3 is 6.36 Å². The number of nitrogens with one attached hydrogen (secondary N) is 1. The summed E-state index contributed by atoms with van der Waals surface area (Å²) < 4.78 is 55.1. The van der Waals surface area contributed by atoms with E-state index in [2.05, 4.69) is 22.2 Å². The van der Waals surface area contributed by atoms with Crippen molar-refractivity contribution in [2.24, 2.45) is 0 Å². The van der Waals surface area contributed by atoms with Crippen LogP contribution in [-0.2, 0) is 4.74 Å². The Balaban J connectivity index is 1.44. The van der Waals surface area contributed by atoms with Crippen LogP contribution in [0.2, 0.25) is 0 Å². The van der Waals surface area contributed by atoms with Crippen LogP contribution in [-0.4, -0.2) is 31.2 Å². The van der Waals surface area contributed by atoms with Crippen molar-refractivity contribution < 1.29 is 27.4 Å². The van der Waals surface area contributed by atoms with Crippen molar-refractivity contribution in [1.82, 2.24) is 5.32 Å². The molecule has 2 aliphatic heterocycles. The van der Waals surface area contributed by atoms with E-state index < -0.39 is 6.36 Å². The lowest BCUT2D eigenvalue weighted by Crippen LogP contribution is -2.48. The van der Waals surface area contributed by atoms with Crippen molar-refractivity contribution in [2.45, 2.75) is 62.1 Å². The maximum absolute atomic E-state index is 12.8. The first-order chi connectivity index (χ1) is 14.9. The number of alkyl halides is 3. The zero-order chi connectivity index (χ0) is 21.5. The third kappa shape index (κ3) is 4.53. The minimum atomic E-state index is -4.73. The summed E-state index contributed by atoms with van der Waals surface area (Å²) in [5.74, 6) is 0.368. The van der Waals surface area contributed by atoms with Crippen LogP contribution in [0.25, 0.3) is 0 Å². The van der Waals surface area contributed by atoms with Gasteiger partial charge in [-0.1, -0.05) is 30.3 Å². The fourth-order valence-corrected chi connectivity index (χ4v) is 4.92. The van der Waals surface area contributed by atoms with Gasteiger partial charge < -0.3 is 19.5 Å². The molecule has 2 saturated heterocycles. The Morgan fingerprint density at radius 3 is 2.61 bits per heavy atom. The second-order valence-corrected chi connectivity index (χ2v) is 8.74. The molecule has 1 spiro atoms. The predicted octanol–water partition coefficient (Wildman–Crippen LogP) is 5.49. The summed E-state index contributed by atoms with van der Waals surface area (Å²) in [7, 11) is 0. The summed E-state index contributed by atoms with van der Waals surface area (Å²) in [6.45, 7) is 1.36. The monoisotopic (exact) mass is 433 g/mol. The van der Waals surface area contributed by atoms with E-state index in [1.54, 1.807) is 6.07 Å². The molecule has 3 atom stereocenters. The summed E-state index contributed by atoms with van der Waals surface area (Å²) in [4.78, 5) is 0. The SMILES string of the molecule is FC(F)(F)Oc1ccc(OC2CC2)c(C2COC3(CCCNC3c3ccccc3)C2)c1. The van der Waals surface area contributed by atoms with Crippen LogP contribution in [0.4, 0.5) is 13.2 Å². The Kier molecular flexibility index (Phi) is 5.34. The number of rotatable bonds is 5. The van der Waals surface area contributed by atoms with Crippen LogP contribution in [0.5, 0.6) is 11.5 Å². The average Bonchev–Trinajstić information content (AvgIpc) is 3.47. The van der Waals surface area contributed by atoms with Crippen LogP contribution >= 0.6 is 0 Å². The van der Waals surface area contributed by atoms with E-state index in [0.29, 0.717) is 12.4 Å². The minimum absolute atomic E-state index is 0.0508. The minimum Gasteiger partial charge on any atom is -0.490 e. The highest BCUT2D eigenvalue weighted by molar-refractivity contribution is 5.44. The Morgan fingerprint density at radius 1 is 1.06 bits per heavy atom. The van der Waals surface area contributed by atoms with Crippen molar-refractivity contribution >= 4 is 0 Å². The Hall–Kier alpha value is -2.25. The van der Waals surface area contributed by atoms with Crippen LogP contribution in [0.3, 0.4) is 0 Å². The quantitative estimate of drug-likeness (QED) is 0.677. The number of benzene rings is 2. The lowest BCUT2D eigenvalue weighted by Gasteiger charge is -2.41. The van der Waals surface area contributed by atoms with E-state index in [1.807, 2.05) is 18.2 Å². The zero-order valence-corrected chi connectivity index (χ0v) is 17.2. The normalized spacial score (nSPS) is 28.6. The smallest absolute Gasteiger partial charge is 0.490 e. The van der Waals surface area contributed by atoms with Crippen LogP contribution in [0, 0.1) is 0 Å². The molecule has 2 aromatic carbocycles. The average molecular weight is 433 g/mol. The molecule has 2 heterocycles. The van der Waals surface area contributed by atoms with Crippen LogP contribution < -0.4 is 14.8 Å². The van der Waals surface area contributed by atoms with Gasteiger partial charge in [0.15, 0.2) is 0 Å². The second-order valence-electron chi connectivity index (χ2n) is 8.74. The molecule has 1 aliphatic carbocycles. The first-order valence-electron chi connectivity index (χ1n) is 10.9. The number of halogens is 3. The summed E-state index contributed by atoms with van der Waals surface area (Å²) in [6, 6.07) is 14.7. The van der Waals surface area contributed by atoms with Gasteiger partial charge in [-0.2, -0.15) is 0 Å². The Morgan fingerprint density at radius 2 is 1.87 bits per heavy atom. The molecule has 1 N–H and O–H groups in total. The van der Waals surface area contributed by atoms with Crippen LogP contribution in [0.15, 0.2) is 48.5 Å². The molecule has 3 fully saturated rings. The number of piperidine rings is 1. The Bertz CT molecular complexity index is 916. The van der Waals surface area contributed by atoms with Crippen molar-refractivity contribution in [1.29, 1.82) is 0 Å². The van der Waals surface area contributed by atoms with Crippen molar-refractivity contribution in [2.75, 3.05) is 13.2 Å². The topological polar surface area (TPSA) is 39.7 Å². The largest absolute Gasteiger partial charge is 0.573 e. The second kappa shape index (κ2) is 8.02. The lowest BCUT2D eigenvalue weighted by molar-refractivity contribution is -0.274. The molecule has 0 aromatic heterocycles. The van der Waals surface area contributed by atoms with Gasteiger partial charge in [0.05, 0.1) is 24.4 Å². The zero-order valence-electron chi connectivity index (χ0n) is 17.2. The number of hydrogen-bond donors (Lipinski definition) is 1. The fourth-order valence-electron chi connectivity index (χ4n) is 4.92. The molecular formula is C24H26F3NO3. The molecule has 0 bridgehead atoms. The van der Waals surface area contributed by atoms with Crippen molar-refractivity contribution in [3.8, 4) is 11.5 Å². The molecule has 1 saturated carbocycles. The third-order valence-corrected chi connectivity index (χ3v) is 6.42. The molecule has 7 heteroatoms. The van der Waals surface area contributed by atoms with Crippen molar-refractivity contribution in [3.63, 3.8) is 0 Å². The highest BCUT2D eigenvalue weighted by Crippen LogP contribution is 2.50. The highest BCUT2D eigenvalue weighted by Gasteiger charge is 2.49. The van der Waals surface area contributed by atoms with E-state index >= 15 is 0 Å². The molecule has 0 amide bonds. The van der Waals surface area contributed by atoms with E-state index in [4.69, 9.17) is 9.47 Å². The fraction of sp³-hybridized carbons (Fsp3) is 0.500. The molecule has 2 aromatic rings. The summed E-state index contributed by atoms with van der Waals surface area (Å²) in [6.07, 6.45) is 0.00624. The third-order valence-electron chi connectivity index (χ3n) is 6.42. The lowest BCUT2D eigenvalue weighted by atomic mass is 9.77. The van der Waals surface area contributed by atoms with E-state index in [9.17, 15) is 13.2 Å². The van der Waals surface area contributed by atoms with E-state index in [1.165, 1.54) is 17.7 Å². The Labute approximate surface area is 179 Å². The molecular weight excluding hydrogens is 407 g/mol. The van der Waals surface area contributed by atoms with Gasteiger partial charge in [0.2, 0.25) is 0 Å². The van der Waals surface area contributed by atoms with Crippen LogP contribution in [0.1, 0.15) is 55.2 Å². The molecule has 166 valence electrons. The van der Waals surface area contributed by atoms with Crippen molar-refractivity contribution in [3.05, 3.63) is 59.7 Å². The molecule has 0 radical (unpaired) electrons. The molecule has 4 nitrogen and oxygen atoms in total. The van der Waals surface area contributed by atoms with E-state index in [0.717, 1.165) is 44.2 Å². The maximum Gasteiger partial charge on any atom is 0.573 e. The first-order valence-corrected chi connectivity index (χ1v) is 10.9. The molecule has 5 rings (SSSR count).